The molecule has 0 unspecified atom stereocenters. The molecule has 0 aliphatic heterocycles. The lowest BCUT2D eigenvalue weighted by atomic mass is 9.87. The van der Waals surface area contributed by atoms with Crippen molar-refractivity contribution in [1.29, 1.82) is 0 Å². The Bertz CT molecular complexity index is 202. The van der Waals surface area contributed by atoms with Crippen LogP contribution in [-0.4, -0.2) is 18.4 Å². The first kappa shape index (κ1) is 16.9. The number of ether oxygens (including phenoxy) is 1. The van der Waals surface area contributed by atoms with Gasteiger partial charge in [0.15, 0.2) is 0 Å². The highest BCUT2D eigenvalue weighted by Crippen LogP contribution is 2.25. The van der Waals surface area contributed by atoms with Crippen LogP contribution in [0.3, 0.4) is 0 Å². The fourth-order valence-corrected chi connectivity index (χ4v) is 2.32. The number of esters is 1. The van der Waals surface area contributed by atoms with E-state index in [9.17, 15) is 4.79 Å². The molecule has 0 amide bonds. The third kappa shape index (κ3) is 8.64. The second kappa shape index (κ2) is 9.93. The Morgan fingerprint density at radius 1 is 1.00 bits per heavy atom. The van der Waals surface area contributed by atoms with Crippen LogP contribution in [0.4, 0.5) is 0 Å². The Morgan fingerprint density at radius 3 is 1.94 bits per heavy atom. The summed E-state index contributed by atoms with van der Waals surface area (Å²) in [7, 11) is 1.47. The SMILES string of the molecule is COC(=O)C(C)(C)CCCCCCCCCBr. The average Bonchev–Trinajstić information content (AvgIpc) is 2.31. The first-order chi connectivity index (χ1) is 8.04. The third-order valence-corrected chi connectivity index (χ3v) is 3.73. The van der Waals surface area contributed by atoms with E-state index in [1.165, 1.54) is 45.6 Å². The van der Waals surface area contributed by atoms with Gasteiger partial charge in [-0.25, -0.2) is 0 Å². The highest BCUT2D eigenvalue weighted by molar-refractivity contribution is 9.09. The van der Waals surface area contributed by atoms with Gasteiger partial charge in [0.25, 0.3) is 0 Å². The molecule has 0 saturated heterocycles. The zero-order valence-electron chi connectivity index (χ0n) is 11.6. The molecule has 17 heavy (non-hydrogen) atoms. The van der Waals surface area contributed by atoms with E-state index in [1.54, 1.807) is 0 Å². The normalized spacial score (nSPS) is 11.5. The molecular formula is C14H27BrO2. The van der Waals surface area contributed by atoms with Crippen molar-refractivity contribution in [1.82, 2.24) is 0 Å². The van der Waals surface area contributed by atoms with Gasteiger partial charge in [-0.3, -0.25) is 4.79 Å². The zero-order chi connectivity index (χ0) is 13.1. The minimum absolute atomic E-state index is 0.0881. The summed E-state index contributed by atoms with van der Waals surface area (Å²) in [5.74, 6) is -0.0881. The molecule has 0 spiro atoms. The van der Waals surface area contributed by atoms with Crippen LogP contribution in [0, 0.1) is 5.41 Å². The van der Waals surface area contributed by atoms with E-state index in [0.717, 1.165) is 18.2 Å². The molecule has 2 nitrogen and oxygen atoms in total. The number of alkyl halides is 1. The van der Waals surface area contributed by atoms with Gasteiger partial charge in [-0.15, -0.1) is 0 Å². The maximum atomic E-state index is 11.4. The first-order valence-electron chi connectivity index (χ1n) is 6.69. The maximum Gasteiger partial charge on any atom is 0.311 e. The molecule has 3 heteroatoms. The van der Waals surface area contributed by atoms with Crippen LogP contribution >= 0.6 is 15.9 Å². The zero-order valence-corrected chi connectivity index (χ0v) is 13.1. The topological polar surface area (TPSA) is 26.3 Å². The molecule has 0 saturated carbocycles. The molecule has 0 radical (unpaired) electrons. The summed E-state index contributed by atoms with van der Waals surface area (Å²) in [5.41, 5.74) is -0.315. The summed E-state index contributed by atoms with van der Waals surface area (Å²) < 4.78 is 4.79. The lowest BCUT2D eigenvalue weighted by Gasteiger charge is -2.20. The molecule has 102 valence electrons. The van der Waals surface area contributed by atoms with Crippen molar-refractivity contribution < 1.29 is 9.53 Å². The number of methoxy groups -OCH3 is 1. The fourth-order valence-electron chi connectivity index (χ4n) is 1.92. The molecule has 0 aliphatic carbocycles. The molecule has 0 aromatic carbocycles. The summed E-state index contributed by atoms with van der Waals surface area (Å²) in [4.78, 5) is 11.4. The van der Waals surface area contributed by atoms with Crippen LogP contribution in [0.5, 0.6) is 0 Å². The van der Waals surface area contributed by atoms with E-state index in [-0.39, 0.29) is 11.4 Å². The summed E-state index contributed by atoms with van der Waals surface area (Å²) in [5, 5.41) is 1.13. The molecule has 0 bridgehead atoms. The summed E-state index contributed by atoms with van der Waals surface area (Å²) in [6.45, 7) is 3.93. The van der Waals surface area contributed by atoms with Gasteiger partial charge in [0.05, 0.1) is 12.5 Å². The van der Waals surface area contributed by atoms with Gasteiger partial charge >= 0.3 is 5.97 Å². The van der Waals surface area contributed by atoms with Crippen molar-refractivity contribution in [2.24, 2.45) is 5.41 Å². The van der Waals surface area contributed by atoms with E-state index >= 15 is 0 Å². The van der Waals surface area contributed by atoms with Crippen LogP contribution in [0.2, 0.25) is 0 Å². The van der Waals surface area contributed by atoms with Gasteiger partial charge in [-0.05, 0) is 26.7 Å². The molecule has 0 atom stereocenters. The van der Waals surface area contributed by atoms with Crippen LogP contribution in [0.1, 0.15) is 65.2 Å². The van der Waals surface area contributed by atoms with Crippen LogP contribution in [0.25, 0.3) is 0 Å². The Balaban J connectivity index is 3.42. The minimum atomic E-state index is -0.315. The first-order valence-corrected chi connectivity index (χ1v) is 7.81. The highest BCUT2D eigenvalue weighted by atomic mass is 79.9. The predicted octanol–water partition coefficient (Wildman–Crippen LogP) is 4.70. The van der Waals surface area contributed by atoms with Crippen molar-refractivity contribution in [2.75, 3.05) is 12.4 Å². The van der Waals surface area contributed by atoms with E-state index in [4.69, 9.17) is 4.74 Å². The molecule has 0 heterocycles. The standard InChI is InChI=1S/C14H27BrO2/c1-14(2,13(16)17-3)11-9-7-5-4-6-8-10-12-15/h4-12H2,1-3H3. The van der Waals surface area contributed by atoms with Crippen molar-refractivity contribution in [2.45, 2.75) is 65.2 Å². The molecule has 0 fully saturated rings. The Hall–Kier alpha value is -0.0500. The van der Waals surface area contributed by atoms with E-state index in [2.05, 4.69) is 15.9 Å². The fraction of sp³-hybridized carbons (Fsp3) is 0.929. The molecule has 0 aromatic heterocycles. The lowest BCUT2D eigenvalue weighted by Crippen LogP contribution is -2.25. The molecule has 0 N–H and O–H groups in total. The minimum Gasteiger partial charge on any atom is -0.469 e. The molecule has 0 aliphatic rings. The second-order valence-corrected chi connectivity index (χ2v) is 6.08. The van der Waals surface area contributed by atoms with Crippen LogP contribution < -0.4 is 0 Å². The van der Waals surface area contributed by atoms with Gasteiger partial charge in [-0.1, -0.05) is 54.5 Å². The summed E-state index contributed by atoms with van der Waals surface area (Å²) >= 11 is 3.44. The van der Waals surface area contributed by atoms with Gasteiger partial charge in [-0.2, -0.15) is 0 Å². The number of carbonyl (C=O) groups is 1. The van der Waals surface area contributed by atoms with E-state index < -0.39 is 0 Å². The Kier molecular flexibility index (Phi) is 9.90. The molecule has 0 rings (SSSR count). The van der Waals surface area contributed by atoms with Gasteiger partial charge < -0.3 is 4.74 Å². The molecule has 0 aromatic rings. The van der Waals surface area contributed by atoms with E-state index in [0.29, 0.717) is 0 Å². The van der Waals surface area contributed by atoms with Crippen LogP contribution in [0.15, 0.2) is 0 Å². The maximum absolute atomic E-state index is 11.4. The van der Waals surface area contributed by atoms with Crippen molar-refractivity contribution in [3.8, 4) is 0 Å². The quantitative estimate of drug-likeness (QED) is 0.332. The largest absolute Gasteiger partial charge is 0.469 e. The lowest BCUT2D eigenvalue weighted by molar-refractivity contribution is -0.151. The van der Waals surface area contributed by atoms with Gasteiger partial charge in [0, 0.05) is 5.33 Å². The van der Waals surface area contributed by atoms with Crippen molar-refractivity contribution in [3.63, 3.8) is 0 Å². The van der Waals surface area contributed by atoms with Crippen LogP contribution in [-0.2, 0) is 9.53 Å². The van der Waals surface area contributed by atoms with Gasteiger partial charge in [0.1, 0.15) is 0 Å². The summed E-state index contributed by atoms with van der Waals surface area (Å²) in [6.07, 6.45) is 9.86. The Morgan fingerprint density at radius 2 is 1.47 bits per heavy atom. The highest BCUT2D eigenvalue weighted by Gasteiger charge is 2.27. The number of hydrogen-bond acceptors (Lipinski definition) is 2. The number of hydrogen-bond donors (Lipinski definition) is 0. The number of unbranched alkanes of at least 4 members (excludes halogenated alkanes) is 6. The van der Waals surface area contributed by atoms with E-state index in [1.807, 2.05) is 13.8 Å². The number of halogens is 1. The smallest absolute Gasteiger partial charge is 0.311 e. The predicted molar refractivity (Wildman–Crippen MR) is 76.5 cm³/mol. The number of rotatable bonds is 10. The van der Waals surface area contributed by atoms with Gasteiger partial charge in [0.2, 0.25) is 0 Å². The molecular weight excluding hydrogens is 280 g/mol. The van der Waals surface area contributed by atoms with Crippen molar-refractivity contribution in [3.05, 3.63) is 0 Å². The second-order valence-electron chi connectivity index (χ2n) is 5.29. The summed E-state index contributed by atoms with van der Waals surface area (Å²) in [6, 6.07) is 0. The Labute approximate surface area is 115 Å². The average molecular weight is 307 g/mol. The van der Waals surface area contributed by atoms with Crippen molar-refractivity contribution >= 4 is 21.9 Å². The third-order valence-electron chi connectivity index (χ3n) is 3.17. The number of carbonyl (C=O) groups excluding carboxylic acids is 1. The monoisotopic (exact) mass is 306 g/mol.